The fraction of sp³-hybridized carbons (Fsp3) is 0.231. The Labute approximate surface area is 98.9 Å². The van der Waals surface area contributed by atoms with E-state index in [-0.39, 0.29) is 11.8 Å². The van der Waals surface area contributed by atoms with Crippen LogP contribution in [0.25, 0.3) is 0 Å². The first-order chi connectivity index (χ1) is 8.09. The predicted octanol–water partition coefficient (Wildman–Crippen LogP) is 0.587. The number of para-hydroxylation sites is 1. The van der Waals surface area contributed by atoms with Gasteiger partial charge in [0.1, 0.15) is 5.41 Å². The van der Waals surface area contributed by atoms with Crippen molar-refractivity contribution in [1.29, 1.82) is 0 Å². The molecule has 0 aromatic heterocycles. The van der Waals surface area contributed by atoms with Crippen molar-refractivity contribution >= 4 is 17.5 Å². The van der Waals surface area contributed by atoms with Gasteiger partial charge in [0, 0.05) is 24.9 Å². The van der Waals surface area contributed by atoms with Crippen LogP contribution >= 0.6 is 0 Å². The Hall–Kier alpha value is -2.10. The number of amides is 2. The summed E-state index contributed by atoms with van der Waals surface area (Å²) in [4.78, 5) is 25.6. The lowest BCUT2D eigenvalue weighted by Crippen LogP contribution is -2.41. The van der Waals surface area contributed by atoms with E-state index in [4.69, 9.17) is 0 Å². The third-order valence-electron chi connectivity index (χ3n) is 3.70. The SMILES string of the molecule is C=C1C(=O)NC[C@]12C(=O)N(C)c1ccccc12. The van der Waals surface area contributed by atoms with Crippen molar-refractivity contribution in [2.24, 2.45) is 0 Å². The van der Waals surface area contributed by atoms with Crippen LogP contribution in [0.15, 0.2) is 36.4 Å². The first-order valence-electron chi connectivity index (χ1n) is 5.44. The summed E-state index contributed by atoms with van der Waals surface area (Å²) in [6.45, 7) is 4.11. The van der Waals surface area contributed by atoms with E-state index in [1.54, 1.807) is 11.9 Å². The highest BCUT2D eigenvalue weighted by molar-refractivity contribution is 6.18. The normalized spacial score (nSPS) is 26.6. The van der Waals surface area contributed by atoms with E-state index < -0.39 is 5.41 Å². The maximum atomic E-state index is 12.4. The van der Waals surface area contributed by atoms with Gasteiger partial charge in [-0.15, -0.1) is 0 Å². The van der Waals surface area contributed by atoms with E-state index in [1.807, 2.05) is 24.3 Å². The van der Waals surface area contributed by atoms with Gasteiger partial charge in [0.05, 0.1) is 0 Å². The molecule has 1 spiro atoms. The van der Waals surface area contributed by atoms with Crippen LogP contribution in [-0.2, 0) is 15.0 Å². The van der Waals surface area contributed by atoms with Gasteiger partial charge in [-0.3, -0.25) is 9.59 Å². The Bertz CT molecular complexity index is 564. The maximum Gasteiger partial charge on any atom is 0.248 e. The summed E-state index contributed by atoms with van der Waals surface area (Å²) in [5.74, 6) is -0.314. The fourth-order valence-electron chi connectivity index (χ4n) is 2.72. The molecule has 2 amide bonds. The minimum absolute atomic E-state index is 0.0814. The Kier molecular flexibility index (Phi) is 1.76. The number of hydrogen-bond acceptors (Lipinski definition) is 2. The topological polar surface area (TPSA) is 49.4 Å². The molecule has 1 aromatic rings. The van der Waals surface area contributed by atoms with E-state index in [2.05, 4.69) is 11.9 Å². The summed E-state index contributed by atoms with van der Waals surface area (Å²) in [6, 6.07) is 7.54. The van der Waals surface area contributed by atoms with Crippen LogP contribution in [0.5, 0.6) is 0 Å². The molecule has 0 radical (unpaired) electrons. The number of hydrogen-bond donors (Lipinski definition) is 1. The number of nitrogens with zero attached hydrogens (tertiary/aromatic N) is 1. The summed E-state index contributed by atoms with van der Waals surface area (Å²) in [6.07, 6.45) is 0. The standard InChI is InChI=1S/C13H12N2O2/c1-8-11(16)14-7-13(8)9-5-3-4-6-10(9)15(2)12(13)17/h3-6H,1,7H2,2H3,(H,14,16)/t13-/m0/s1. The largest absolute Gasteiger partial charge is 0.351 e. The minimum Gasteiger partial charge on any atom is -0.351 e. The third-order valence-corrected chi connectivity index (χ3v) is 3.70. The second-order valence-electron chi connectivity index (χ2n) is 4.45. The molecule has 0 saturated carbocycles. The molecule has 1 fully saturated rings. The average molecular weight is 228 g/mol. The lowest BCUT2D eigenvalue weighted by atomic mass is 9.78. The minimum atomic E-state index is -0.886. The summed E-state index contributed by atoms with van der Waals surface area (Å²) >= 11 is 0. The molecule has 2 heterocycles. The first kappa shape index (κ1) is 10.1. The Morgan fingerprint density at radius 1 is 1.35 bits per heavy atom. The van der Waals surface area contributed by atoms with Crippen LogP contribution in [0.1, 0.15) is 5.56 Å². The number of rotatable bonds is 0. The van der Waals surface area contributed by atoms with Crippen molar-refractivity contribution < 1.29 is 9.59 Å². The Balaban J connectivity index is 2.29. The summed E-state index contributed by atoms with van der Waals surface area (Å²) < 4.78 is 0. The molecule has 1 N–H and O–H groups in total. The number of nitrogens with one attached hydrogen (secondary N) is 1. The Morgan fingerprint density at radius 2 is 2.06 bits per heavy atom. The summed E-state index contributed by atoms with van der Waals surface area (Å²) in [5.41, 5.74) is 1.19. The molecule has 4 nitrogen and oxygen atoms in total. The number of carbonyl (C=O) groups is 2. The quantitative estimate of drug-likeness (QED) is 0.661. The zero-order chi connectivity index (χ0) is 12.2. The maximum absolute atomic E-state index is 12.4. The van der Waals surface area contributed by atoms with Gasteiger partial charge in [-0.1, -0.05) is 24.8 Å². The molecule has 86 valence electrons. The zero-order valence-corrected chi connectivity index (χ0v) is 9.49. The lowest BCUT2D eigenvalue weighted by Gasteiger charge is -2.21. The van der Waals surface area contributed by atoms with Crippen LogP contribution in [-0.4, -0.2) is 25.4 Å². The van der Waals surface area contributed by atoms with E-state index in [0.29, 0.717) is 12.1 Å². The van der Waals surface area contributed by atoms with Crippen LogP contribution < -0.4 is 10.2 Å². The second-order valence-corrected chi connectivity index (χ2v) is 4.45. The Morgan fingerprint density at radius 3 is 2.71 bits per heavy atom. The molecule has 0 bridgehead atoms. The molecule has 1 saturated heterocycles. The summed E-state index contributed by atoms with van der Waals surface area (Å²) in [7, 11) is 1.73. The second kappa shape index (κ2) is 2.97. The van der Waals surface area contributed by atoms with Gasteiger partial charge in [-0.25, -0.2) is 0 Å². The van der Waals surface area contributed by atoms with Gasteiger partial charge in [-0.2, -0.15) is 0 Å². The molecule has 1 atom stereocenters. The van der Waals surface area contributed by atoms with E-state index in [0.717, 1.165) is 11.3 Å². The molecule has 0 unspecified atom stereocenters. The van der Waals surface area contributed by atoms with E-state index in [1.165, 1.54) is 0 Å². The van der Waals surface area contributed by atoms with Crippen LogP contribution in [0.4, 0.5) is 5.69 Å². The molecular weight excluding hydrogens is 216 g/mol. The molecule has 4 heteroatoms. The molecule has 2 aliphatic heterocycles. The molecule has 0 aliphatic carbocycles. The molecule has 17 heavy (non-hydrogen) atoms. The smallest absolute Gasteiger partial charge is 0.248 e. The van der Waals surface area contributed by atoms with Crippen LogP contribution in [0, 0.1) is 0 Å². The zero-order valence-electron chi connectivity index (χ0n) is 9.49. The van der Waals surface area contributed by atoms with Gasteiger partial charge in [0.2, 0.25) is 11.8 Å². The van der Waals surface area contributed by atoms with Crippen LogP contribution in [0.2, 0.25) is 0 Å². The monoisotopic (exact) mass is 228 g/mol. The van der Waals surface area contributed by atoms with Crippen molar-refractivity contribution in [3.63, 3.8) is 0 Å². The number of fused-ring (bicyclic) bond motifs is 2. The lowest BCUT2D eigenvalue weighted by molar-refractivity contribution is -0.122. The van der Waals surface area contributed by atoms with Gasteiger partial charge in [0.15, 0.2) is 0 Å². The van der Waals surface area contributed by atoms with Gasteiger partial charge in [0.25, 0.3) is 0 Å². The fourth-order valence-corrected chi connectivity index (χ4v) is 2.72. The average Bonchev–Trinajstić information content (AvgIpc) is 2.76. The molecular formula is C13H12N2O2. The van der Waals surface area contributed by atoms with Gasteiger partial charge < -0.3 is 10.2 Å². The summed E-state index contributed by atoms with van der Waals surface area (Å²) in [5, 5.41) is 2.71. The van der Waals surface area contributed by atoms with E-state index in [9.17, 15) is 9.59 Å². The van der Waals surface area contributed by atoms with Crippen LogP contribution in [0.3, 0.4) is 0 Å². The molecule has 3 rings (SSSR count). The highest BCUT2D eigenvalue weighted by atomic mass is 16.2. The highest BCUT2D eigenvalue weighted by Gasteiger charge is 2.56. The van der Waals surface area contributed by atoms with Crippen molar-refractivity contribution in [2.75, 3.05) is 18.5 Å². The molecule has 1 aromatic carbocycles. The van der Waals surface area contributed by atoms with E-state index >= 15 is 0 Å². The van der Waals surface area contributed by atoms with Crippen molar-refractivity contribution in [2.45, 2.75) is 5.41 Å². The van der Waals surface area contributed by atoms with Crippen molar-refractivity contribution in [3.05, 3.63) is 42.0 Å². The third kappa shape index (κ3) is 0.976. The first-order valence-corrected chi connectivity index (χ1v) is 5.44. The number of anilines is 1. The van der Waals surface area contributed by atoms with Crippen molar-refractivity contribution in [3.8, 4) is 0 Å². The molecule has 2 aliphatic rings. The number of likely N-dealkylation sites (N-methyl/N-ethyl adjacent to an activating group) is 1. The number of carbonyl (C=O) groups excluding carboxylic acids is 2. The van der Waals surface area contributed by atoms with Gasteiger partial charge in [-0.05, 0) is 11.6 Å². The predicted molar refractivity (Wildman–Crippen MR) is 63.7 cm³/mol. The van der Waals surface area contributed by atoms with Gasteiger partial charge >= 0.3 is 0 Å². The highest BCUT2D eigenvalue weighted by Crippen LogP contribution is 2.46. The van der Waals surface area contributed by atoms with Crippen molar-refractivity contribution in [1.82, 2.24) is 5.32 Å². The number of benzene rings is 1.